The first kappa shape index (κ1) is 28.5. The number of benzene rings is 1. The van der Waals surface area contributed by atoms with E-state index in [4.69, 9.17) is 20.8 Å². The maximum Gasteiger partial charge on any atom is 0.449 e. The number of piperazine rings is 1. The summed E-state index contributed by atoms with van der Waals surface area (Å²) in [5.74, 6) is -1.24. The zero-order valence-corrected chi connectivity index (χ0v) is 23.0. The van der Waals surface area contributed by atoms with Crippen LogP contribution in [-0.2, 0) is 22.9 Å². The first-order valence-electron chi connectivity index (χ1n) is 12.5. The Bertz CT molecular complexity index is 1550. The molecule has 5 rings (SSSR count). The van der Waals surface area contributed by atoms with E-state index in [0.29, 0.717) is 23.0 Å². The molecular formula is C25H27ClF3N5O5S. The van der Waals surface area contributed by atoms with Gasteiger partial charge in [-0.15, -0.1) is 0 Å². The Morgan fingerprint density at radius 2 is 1.88 bits per heavy atom. The van der Waals surface area contributed by atoms with Gasteiger partial charge in [0.05, 0.1) is 25.0 Å². The van der Waals surface area contributed by atoms with Crippen LogP contribution in [0.4, 0.5) is 18.9 Å². The van der Waals surface area contributed by atoms with Crippen LogP contribution in [0.15, 0.2) is 51.8 Å². The number of hydrogen-bond acceptors (Lipinski definition) is 7. The van der Waals surface area contributed by atoms with Crippen molar-refractivity contribution in [1.29, 1.82) is 0 Å². The fraction of sp³-hybridized carbons (Fsp3) is 0.440. The molecule has 1 aliphatic carbocycles. The molecular weight excluding hydrogens is 575 g/mol. The van der Waals surface area contributed by atoms with Crippen molar-refractivity contribution >= 4 is 27.5 Å². The number of alkyl halides is 3. The summed E-state index contributed by atoms with van der Waals surface area (Å²) in [5, 5.41) is 4.77. The zero-order chi connectivity index (χ0) is 28.7. The maximum absolute atomic E-state index is 13.5. The Hall–Kier alpha value is -3.07. The number of hydrogen-bond donors (Lipinski definition) is 1. The maximum atomic E-state index is 13.5. The van der Waals surface area contributed by atoms with Crippen molar-refractivity contribution in [3.05, 3.63) is 69.5 Å². The average Bonchev–Trinajstić information content (AvgIpc) is 3.43. The van der Waals surface area contributed by atoms with E-state index in [9.17, 15) is 26.4 Å². The highest BCUT2D eigenvalue weighted by Crippen LogP contribution is 2.45. The molecule has 15 heteroatoms. The van der Waals surface area contributed by atoms with Crippen molar-refractivity contribution in [2.45, 2.75) is 32.5 Å². The molecule has 2 fully saturated rings. The second kappa shape index (κ2) is 10.7. The number of furan rings is 1. The van der Waals surface area contributed by atoms with Crippen LogP contribution in [0.2, 0.25) is 5.02 Å². The van der Waals surface area contributed by atoms with Crippen LogP contribution in [0, 0.1) is 5.41 Å². The van der Waals surface area contributed by atoms with E-state index in [0.717, 1.165) is 25.0 Å². The summed E-state index contributed by atoms with van der Waals surface area (Å²) in [7, 11) is -4.01. The largest absolute Gasteiger partial charge is 0.486 e. The van der Waals surface area contributed by atoms with E-state index >= 15 is 0 Å². The number of rotatable bonds is 9. The molecule has 2 aromatic heterocycles. The van der Waals surface area contributed by atoms with Crippen molar-refractivity contribution in [3.63, 3.8) is 0 Å². The fourth-order valence-corrected chi connectivity index (χ4v) is 5.57. The number of nitrogens with one attached hydrogen (secondary N) is 1. The molecule has 0 radical (unpaired) electrons. The first-order chi connectivity index (χ1) is 18.8. The van der Waals surface area contributed by atoms with E-state index < -0.39 is 34.2 Å². The van der Waals surface area contributed by atoms with Crippen LogP contribution in [0.3, 0.4) is 0 Å². The van der Waals surface area contributed by atoms with Gasteiger partial charge in [0.25, 0.3) is 10.2 Å². The van der Waals surface area contributed by atoms with Crippen LogP contribution in [-0.4, -0.2) is 55.3 Å². The minimum atomic E-state index is -4.66. The van der Waals surface area contributed by atoms with Gasteiger partial charge in [-0.05, 0) is 43.2 Å². The summed E-state index contributed by atoms with van der Waals surface area (Å²) in [4.78, 5) is 15.3. The molecule has 1 saturated carbocycles. The Morgan fingerprint density at radius 1 is 1.15 bits per heavy atom. The summed E-state index contributed by atoms with van der Waals surface area (Å²) in [6, 6.07) is 8.54. The second-order valence-electron chi connectivity index (χ2n) is 10.1. The van der Waals surface area contributed by atoms with Gasteiger partial charge < -0.3 is 14.1 Å². The first-order valence-corrected chi connectivity index (χ1v) is 14.3. The fourth-order valence-electron chi connectivity index (χ4n) is 4.23. The third-order valence-corrected chi connectivity index (χ3v) is 8.71. The quantitative estimate of drug-likeness (QED) is 0.397. The molecule has 2 aliphatic rings. The van der Waals surface area contributed by atoms with Gasteiger partial charge in [0, 0.05) is 36.6 Å². The summed E-state index contributed by atoms with van der Waals surface area (Å²) >= 11 is 6.10. The zero-order valence-electron chi connectivity index (χ0n) is 21.4. The molecule has 40 heavy (non-hydrogen) atoms. The van der Waals surface area contributed by atoms with Crippen molar-refractivity contribution in [3.8, 4) is 11.4 Å². The standard InChI is InChI=1S/C25H27ClF3N5O5S/c1-24(7-8-24)16-38-22-20(15-30-34(23(22)35)18-4-2-3-17(26)13-18)32-9-11-33(12-10-32)40(36,37)31-14-19-5-6-21(39-19)25(27,28)29/h2-6,13,15,31H,7-12,14,16H2,1H3. The molecule has 0 bridgehead atoms. The van der Waals surface area contributed by atoms with E-state index in [2.05, 4.69) is 16.7 Å². The van der Waals surface area contributed by atoms with E-state index in [-0.39, 0.29) is 43.1 Å². The Balaban J connectivity index is 1.30. The van der Waals surface area contributed by atoms with Gasteiger partial charge in [-0.2, -0.15) is 40.4 Å². The van der Waals surface area contributed by atoms with Crippen molar-refractivity contribution < 1.29 is 30.7 Å². The lowest BCUT2D eigenvalue weighted by Crippen LogP contribution is -2.52. The van der Waals surface area contributed by atoms with Gasteiger partial charge in [-0.3, -0.25) is 4.79 Å². The van der Waals surface area contributed by atoms with Crippen LogP contribution in [0.1, 0.15) is 31.3 Å². The smallest absolute Gasteiger partial charge is 0.449 e. The highest BCUT2D eigenvalue weighted by Gasteiger charge is 2.39. The van der Waals surface area contributed by atoms with E-state index in [1.165, 1.54) is 15.2 Å². The van der Waals surface area contributed by atoms with Gasteiger partial charge in [0.1, 0.15) is 11.4 Å². The molecule has 10 nitrogen and oxygen atoms in total. The molecule has 0 spiro atoms. The van der Waals surface area contributed by atoms with E-state index in [1.807, 2.05) is 4.90 Å². The number of aromatic nitrogens is 2. The predicted octanol–water partition coefficient (Wildman–Crippen LogP) is 3.83. The topological polar surface area (TPSA) is 110 Å². The van der Waals surface area contributed by atoms with Gasteiger partial charge >= 0.3 is 11.7 Å². The number of anilines is 1. The third-order valence-electron chi connectivity index (χ3n) is 6.93. The SMILES string of the molecule is CC1(COc2c(N3CCN(S(=O)(=O)NCc4ccc(C(F)(F)F)o4)CC3)cnn(-c3cccc(Cl)c3)c2=O)CC1. The van der Waals surface area contributed by atoms with Crippen molar-refractivity contribution in [2.24, 2.45) is 5.41 Å². The Labute approximate surface area is 233 Å². The molecule has 3 aromatic rings. The molecule has 3 heterocycles. The molecule has 1 aromatic carbocycles. The van der Waals surface area contributed by atoms with Crippen LogP contribution >= 0.6 is 11.6 Å². The highest BCUT2D eigenvalue weighted by molar-refractivity contribution is 7.87. The van der Waals surface area contributed by atoms with Gasteiger partial charge in [-0.1, -0.05) is 24.6 Å². The van der Waals surface area contributed by atoms with Gasteiger partial charge in [0.15, 0.2) is 0 Å². The number of halogens is 4. The molecule has 0 atom stereocenters. The highest BCUT2D eigenvalue weighted by atomic mass is 35.5. The molecule has 1 N–H and O–H groups in total. The molecule has 0 amide bonds. The number of nitrogens with zero attached hydrogens (tertiary/aromatic N) is 4. The molecule has 216 valence electrons. The number of ether oxygens (including phenoxy) is 1. The second-order valence-corrected chi connectivity index (χ2v) is 12.3. The van der Waals surface area contributed by atoms with Crippen molar-refractivity contribution in [2.75, 3.05) is 37.7 Å². The summed E-state index contributed by atoms with van der Waals surface area (Å²) in [6.45, 7) is 2.60. The average molecular weight is 602 g/mol. The molecule has 1 aliphatic heterocycles. The van der Waals surface area contributed by atoms with Crippen molar-refractivity contribution in [1.82, 2.24) is 18.8 Å². The van der Waals surface area contributed by atoms with Gasteiger partial charge in [0.2, 0.25) is 11.5 Å². The normalized spacial score (nSPS) is 17.7. The summed E-state index contributed by atoms with van der Waals surface area (Å²) in [6.07, 6.45) is -1.15. The minimum absolute atomic E-state index is 0.00116. The molecule has 1 saturated heterocycles. The van der Waals surface area contributed by atoms with E-state index in [1.54, 1.807) is 24.3 Å². The minimum Gasteiger partial charge on any atom is -0.486 e. The monoisotopic (exact) mass is 601 g/mol. The lowest BCUT2D eigenvalue weighted by Gasteiger charge is -2.35. The van der Waals surface area contributed by atoms with Gasteiger partial charge in [-0.25, -0.2) is 0 Å². The Morgan fingerprint density at radius 3 is 2.50 bits per heavy atom. The van der Waals surface area contributed by atoms with Crippen LogP contribution < -0.4 is 19.9 Å². The summed E-state index contributed by atoms with van der Waals surface area (Å²) in [5.41, 5.74) is 0.471. The van der Waals surface area contributed by atoms with Crippen LogP contribution in [0.5, 0.6) is 5.75 Å². The lowest BCUT2D eigenvalue weighted by atomic mass is 10.2. The summed E-state index contributed by atoms with van der Waals surface area (Å²) < 4.78 is 79.3. The predicted molar refractivity (Wildman–Crippen MR) is 141 cm³/mol. The lowest BCUT2D eigenvalue weighted by molar-refractivity contribution is -0.153. The van der Waals surface area contributed by atoms with Crippen LogP contribution in [0.25, 0.3) is 5.69 Å². The molecule has 0 unspecified atom stereocenters. The third kappa shape index (κ3) is 6.29. The Kier molecular flexibility index (Phi) is 7.63.